The number of nitrogens with zero attached hydrogens (tertiary/aromatic N) is 2. The summed E-state index contributed by atoms with van der Waals surface area (Å²) in [4.78, 5) is 30.9. The Labute approximate surface area is 224 Å². The highest BCUT2D eigenvalue weighted by Gasteiger charge is 2.53. The third kappa shape index (κ3) is 5.52. The number of epoxide rings is 1. The van der Waals surface area contributed by atoms with Crippen LogP contribution >= 0.6 is 0 Å². The molecule has 2 aromatic rings. The first kappa shape index (κ1) is 28.7. The first-order valence-electron chi connectivity index (χ1n) is 13.6. The number of hydrogen-bond donors (Lipinski definition) is 3. The number of fused-ring (bicyclic) bond motifs is 2. The summed E-state index contributed by atoms with van der Waals surface area (Å²) in [5, 5.41) is 31.5. The van der Waals surface area contributed by atoms with E-state index in [1.54, 1.807) is 25.3 Å². The van der Waals surface area contributed by atoms with Crippen LogP contribution in [-0.2, 0) is 25.8 Å². The van der Waals surface area contributed by atoms with Crippen LogP contribution in [0.5, 0.6) is 0 Å². The van der Waals surface area contributed by atoms with Crippen LogP contribution in [0.15, 0.2) is 18.2 Å². The monoisotopic (exact) mass is 530 g/mol. The molecule has 2 aliphatic rings. The van der Waals surface area contributed by atoms with Crippen molar-refractivity contribution in [2.24, 2.45) is 17.3 Å². The van der Waals surface area contributed by atoms with Crippen LogP contribution in [0.4, 0.5) is 0 Å². The highest BCUT2D eigenvalue weighted by molar-refractivity contribution is 5.88. The summed E-state index contributed by atoms with van der Waals surface area (Å²) in [5.41, 5.74) is 0.626. The van der Waals surface area contributed by atoms with Gasteiger partial charge < -0.3 is 29.4 Å². The molecule has 1 aromatic carbocycles. The Morgan fingerprint density at radius 2 is 1.87 bits per heavy atom. The molecule has 0 aliphatic carbocycles. The van der Waals surface area contributed by atoms with Crippen LogP contribution in [0.1, 0.15) is 84.2 Å². The zero-order valence-electron chi connectivity index (χ0n) is 23.3. The van der Waals surface area contributed by atoms with Crippen molar-refractivity contribution >= 4 is 22.8 Å². The summed E-state index contributed by atoms with van der Waals surface area (Å²) < 4.78 is 13.7. The molecule has 2 fully saturated rings. The van der Waals surface area contributed by atoms with Crippen molar-refractivity contribution in [2.75, 3.05) is 0 Å². The van der Waals surface area contributed by atoms with E-state index in [4.69, 9.17) is 9.47 Å². The Morgan fingerprint density at radius 1 is 1.16 bits per heavy atom. The van der Waals surface area contributed by atoms with E-state index in [9.17, 15) is 24.9 Å². The van der Waals surface area contributed by atoms with Crippen LogP contribution in [-0.4, -0.2) is 60.5 Å². The van der Waals surface area contributed by atoms with Gasteiger partial charge in [-0.3, -0.25) is 9.59 Å². The molecule has 2 saturated heterocycles. The summed E-state index contributed by atoms with van der Waals surface area (Å²) in [5.74, 6) is -0.991. The topological polar surface area (TPSA) is 134 Å². The molecular formula is C29H42N2O7. The second-order valence-corrected chi connectivity index (χ2v) is 12.1. The SMILES string of the molecule is Cc1nc2cc(C3CC4OC4(C)CCCC(C)C(O)C(C)C(=O)C(C)(C)C(O)CC(=O)O3)ccc2n1CO. The average molecular weight is 531 g/mol. The Hall–Kier alpha value is -2.33. The molecule has 0 bridgehead atoms. The fourth-order valence-electron chi connectivity index (χ4n) is 5.87. The maximum absolute atomic E-state index is 13.3. The maximum Gasteiger partial charge on any atom is 0.309 e. The number of ether oxygens (including phenoxy) is 2. The normalized spacial score (nSPS) is 35.1. The minimum absolute atomic E-state index is 0.0952. The lowest BCUT2D eigenvalue weighted by Crippen LogP contribution is -2.45. The van der Waals surface area contributed by atoms with E-state index >= 15 is 0 Å². The molecule has 3 N–H and O–H groups in total. The highest BCUT2D eigenvalue weighted by atomic mass is 16.6. The quantitative estimate of drug-likeness (QED) is 0.396. The Balaban J connectivity index is 1.63. The number of imidazole rings is 1. The number of carbonyl (C=O) groups is 2. The molecule has 4 rings (SSSR count). The first-order chi connectivity index (χ1) is 17.8. The number of ketones is 1. The number of Topliss-reactive ketones (excluding diaryl/α,β-unsaturated/α-hetero) is 1. The van der Waals surface area contributed by atoms with Gasteiger partial charge >= 0.3 is 5.97 Å². The Kier molecular flexibility index (Phi) is 8.06. The number of benzene rings is 1. The fourth-order valence-corrected chi connectivity index (χ4v) is 5.87. The van der Waals surface area contributed by atoms with Crippen molar-refractivity contribution in [3.63, 3.8) is 0 Å². The van der Waals surface area contributed by atoms with E-state index in [1.165, 1.54) is 0 Å². The van der Waals surface area contributed by atoms with Crippen molar-refractivity contribution in [3.05, 3.63) is 29.6 Å². The zero-order valence-corrected chi connectivity index (χ0v) is 23.3. The molecule has 2 aliphatic heterocycles. The largest absolute Gasteiger partial charge is 0.457 e. The molecule has 0 radical (unpaired) electrons. The molecule has 0 saturated carbocycles. The van der Waals surface area contributed by atoms with Gasteiger partial charge in [-0.1, -0.05) is 40.2 Å². The molecule has 0 spiro atoms. The van der Waals surface area contributed by atoms with Gasteiger partial charge in [0.15, 0.2) is 0 Å². The van der Waals surface area contributed by atoms with Crippen molar-refractivity contribution in [1.29, 1.82) is 0 Å². The second kappa shape index (κ2) is 10.7. The minimum Gasteiger partial charge on any atom is -0.457 e. The van der Waals surface area contributed by atoms with Crippen molar-refractivity contribution in [1.82, 2.24) is 9.55 Å². The van der Waals surface area contributed by atoms with Crippen molar-refractivity contribution in [3.8, 4) is 0 Å². The molecule has 210 valence electrons. The molecular weight excluding hydrogens is 488 g/mol. The second-order valence-electron chi connectivity index (χ2n) is 12.1. The molecule has 0 amide bonds. The number of aliphatic hydroxyl groups is 3. The molecule has 7 unspecified atom stereocenters. The number of esters is 1. The van der Waals surface area contributed by atoms with Crippen molar-refractivity contribution in [2.45, 2.75) is 110 Å². The number of aromatic nitrogens is 2. The maximum atomic E-state index is 13.3. The van der Waals surface area contributed by atoms with E-state index in [2.05, 4.69) is 11.9 Å². The summed E-state index contributed by atoms with van der Waals surface area (Å²) in [7, 11) is 0. The number of aryl methyl sites for hydroxylation is 1. The first-order valence-corrected chi connectivity index (χ1v) is 13.6. The molecule has 7 atom stereocenters. The molecule has 9 heteroatoms. The lowest BCUT2D eigenvalue weighted by molar-refractivity contribution is -0.156. The van der Waals surface area contributed by atoms with E-state index < -0.39 is 35.6 Å². The van der Waals surface area contributed by atoms with Gasteiger partial charge in [0.05, 0.1) is 46.8 Å². The third-order valence-electron chi connectivity index (χ3n) is 8.88. The number of carbonyl (C=O) groups excluding carboxylic acids is 2. The fraction of sp³-hybridized carbons (Fsp3) is 0.690. The van der Waals surface area contributed by atoms with Crippen LogP contribution in [0.3, 0.4) is 0 Å². The van der Waals surface area contributed by atoms with E-state index in [0.29, 0.717) is 17.8 Å². The van der Waals surface area contributed by atoms with Crippen LogP contribution < -0.4 is 0 Å². The van der Waals surface area contributed by atoms with Gasteiger partial charge in [-0.15, -0.1) is 0 Å². The predicted octanol–water partition coefficient (Wildman–Crippen LogP) is 3.59. The van der Waals surface area contributed by atoms with E-state index in [1.807, 2.05) is 32.0 Å². The summed E-state index contributed by atoms with van der Waals surface area (Å²) in [6.45, 7) is 10.5. The predicted molar refractivity (Wildman–Crippen MR) is 141 cm³/mol. The van der Waals surface area contributed by atoms with Crippen LogP contribution in [0.25, 0.3) is 11.0 Å². The average Bonchev–Trinajstić information content (AvgIpc) is 3.37. The van der Waals surface area contributed by atoms with Crippen LogP contribution in [0, 0.1) is 24.2 Å². The number of aliphatic hydroxyl groups excluding tert-OH is 3. The van der Waals surface area contributed by atoms with Gasteiger partial charge in [0, 0.05) is 12.3 Å². The van der Waals surface area contributed by atoms with Crippen molar-refractivity contribution < 1.29 is 34.4 Å². The number of rotatable bonds is 2. The standard InChI is InChI=1S/C29H42N2O7/c1-16-8-7-11-29(6)24(38-29)13-22(19-9-10-21-20(12-19)30-18(3)31(21)15-32)37-25(34)14-23(33)28(4,5)27(36)17(2)26(16)35/h9-10,12,16-17,22-24,26,32-33,35H,7-8,11,13-15H2,1-6H3. The molecule has 38 heavy (non-hydrogen) atoms. The molecule has 9 nitrogen and oxygen atoms in total. The lowest BCUT2D eigenvalue weighted by Gasteiger charge is -2.34. The summed E-state index contributed by atoms with van der Waals surface area (Å²) in [6, 6.07) is 5.57. The number of cyclic esters (lactones) is 1. The van der Waals surface area contributed by atoms with E-state index in [-0.39, 0.29) is 36.6 Å². The number of hydrogen-bond acceptors (Lipinski definition) is 8. The van der Waals surface area contributed by atoms with Gasteiger partial charge in [-0.25, -0.2) is 4.98 Å². The Morgan fingerprint density at radius 3 is 2.55 bits per heavy atom. The van der Waals surface area contributed by atoms with E-state index in [0.717, 1.165) is 30.3 Å². The highest BCUT2D eigenvalue weighted by Crippen LogP contribution is 2.46. The summed E-state index contributed by atoms with van der Waals surface area (Å²) >= 11 is 0. The van der Waals surface area contributed by atoms with Crippen LogP contribution in [0.2, 0.25) is 0 Å². The minimum atomic E-state index is -1.27. The Bertz CT molecular complexity index is 1190. The van der Waals surface area contributed by atoms with Gasteiger partial charge in [-0.05, 0) is 50.3 Å². The smallest absolute Gasteiger partial charge is 0.309 e. The third-order valence-corrected chi connectivity index (χ3v) is 8.88. The zero-order chi connectivity index (χ0) is 28.0. The van der Waals surface area contributed by atoms with Gasteiger partial charge in [0.1, 0.15) is 24.4 Å². The summed E-state index contributed by atoms with van der Waals surface area (Å²) in [6.07, 6.45) is -0.385. The van der Waals surface area contributed by atoms with Gasteiger partial charge in [-0.2, -0.15) is 0 Å². The van der Waals surface area contributed by atoms with Gasteiger partial charge in [0.25, 0.3) is 0 Å². The molecule has 1 aromatic heterocycles. The van der Waals surface area contributed by atoms with Gasteiger partial charge in [0.2, 0.25) is 0 Å². The molecule has 3 heterocycles. The lowest BCUT2D eigenvalue weighted by atomic mass is 9.73.